The summed E-state index contributed by atoms with van der Waals surface area (Å²) in [5.41, 5.74) is 1.81. The van der Waals surface area contributed by atoms with Crippen molar-refractivity contribution in [2.75, 3.05) is 0 Å². The number of hydrogen-bond donors (Lipinski definition) is 1. The van der Waals surface area contributed by atoms with E-state index >= 15 is 0 Å². The number of thiophene rings is 1. The molecule has 0 aliphatic heterocycles. The SMILES string of the molecule is CC(Sc1nnnn1C)c1nc2scc(-c3ccccc3)c2c(=O)[nH]1. The zero-order valence-electron chi connectivity index (χ0n) is 13.5. The molecule has 25 heavy (non-hydrogen) atoms. The first-order valence-corrected chi connectivity index (χ1v) is 9.35. The number of thioether (sulfide) groups is 1. The van der Waals surface area contributed by atoms with Crippen LogP contribution in [0.2, 0.25) is 0 Å². The largest absolute Gasteiger partial charge is 0.309 e. The summed E-state index contributed by atoms with van der Waals surface area (Å²) in [4.78, 5) is 21.0. The van der Waals surface area contributed by atoms with Gasteiger partial charge in [0.1, 0.15) is 10.7 Å². The summed E-state index contributed by atoms with van der Waals surface area (Å²) in [6, 6.07) is 9.87. The van der Waals surface area contributed by atoms with Gasteiger partial charge in [0.2, 0.25) is 5.16 Å². The number of aromatic nitrogens is 6. The molecule has 1 N–H and O–H groups in total. The van der Waals surface area contributed by atoms with Crippen molar-refractivity contribution in [3.8, 4) is 11.1 Å². The van der Waals surface area contributed by atoms with Gasteiger partial charge in [0.15, 0.2) is 0 Å². The van der Waals surface area contributed by atoms with Crippen LogP contribution in [0.4, 0.5) is 0 Å². The van der Waals surface area contributed by atoms with Crippen molar-refractivity contribution < 1.29 is 0 Å². The third kappa shape index (κ3) is 2.96. The second-order valence-electron chi connectivity index (χ2n) is 5.49. The average molecular weight is 370 g/mol. The van der Waals surface area contributed by atoms with E-state index in [1.54, 1.807) is 11.7 Å². The van der Waals surface area contributed by atoms with Crippen molar-refractivity contribution in [3.05, 3.63) is 51.9 Å². The van der Waals surface area contributed by atoms with E-state index in [1.807, 2.05) is 42.6 Å². The van der Waals surface area contributed by atoms with Crippen molar-refractivity contribution >= 4 is 33.3 Å². The van der Waals surface area contributed by atoms with Crippen LogP contribution >= 0.6 is 23.1 Å². The van der Waals surface area contributed by atoms with Crippen molar-refractivity contribution in [3.63, 3.8) is 0 Å². The lowest BCUT2D eigenvalue weighted by atomic mass is 10.1. The molecule has 1 unspecified atom stereocenters. The first-order chi connectivity index (χ1) is 12.1. The quantitative estimate of drug-likeness (QED) is 0.556. The first-order valence-electron chi connectivity index (χ1n) is 7.59. The van der Waals surface area contributed by atoms with Crippen molar-refractivity contribution in [1.82, 2.24) is 30.2 Å². The highest BCUT2D eigenvalue weighted by Gasteiger charge is 2.18. The minimum atomic E-state index is -0.122. The van der Waals surface area contributed by atoms with Crippen LogP contribution < -0.4 is 5.56 Å². The van der Waals surface area contributed by atoms with E-state index in [0.29, 0.717) is 16.4 Å². The van der Waals surface area contributed by atoms with Crippen LogP contribution in [0.5, 0.6) is 0 Å². The average Bonchev–Trinajstić information content (AvgIpc) is 3.22. The molecular weight excluding hydrogens is 356 g/mol. The Kier molecular flexibility index (Phi) is 4.10. The molecule has 7 nitrogen and oxygen atoms in total. The molecular formula is C16H14N6OS2. The maximum atomic E-state index is 12.7. The topological polar surface area (TPSA) is 89.3 Å². The lowest BCUT2D eigenvalue weighted by Gasteiger charge is -2.09. The molecule has 4 rings (SSSR count). The Bertz CT molecular complexity index is 1080. The minimum absolute atomic E-state index is 0.0796. The fraction of sp³-hybridized carbons (Fsp3) is 0.188. The number of benzene rings is 1. The maximum absolute atomic E-state index is 12.7. The molecule has 0 aliphatic rings. The van der Waals surface area contributed by atoms with Gasteiger partial charge in [-0.3, -0.25) is 4.79 Å². The van der Waals surface area contributed by atoms with Crippen LogP contribution in [-0.2, 0) is 7.05 Å². The second-order valence-corrected chi connectivity index (χ2v) is 7.66. The van der Waals surface area contributed by atoms with Gasteiger partial charge in [0, 0.05) is 18.0 Å². The molecule has 0 bridgehead atoms. The molecule has 9 heteroatoms. The highest BCUT2D eigenvalue weighted by atomic mass is 32.2. The van der Waals surface area contributed by atoms with E-state index in [1.165, 1.54) is 23.1 Å². The fourth-order valence-electron chi connectivity index (χ4n) is 2.52. The number of hydrogen-bond acceptors (Lipinski definition) is 7. The molecule has 0 fully saturated rings. The zero-order chi connectivity index (χ0) is 17.4. The Hall–Kier alpha value is -2.52. The van der Waals surface area contributed by atoms with Gasteiger partial charge in [-0.25, -0.2) is 9.67 Å². The Morgan fingerprint density at radius 3 is 2.80 bits per heavy atom. The van der Waals surface area contributed by atoms with Crippen LogP contribution in [0.25, 0.3) is 21.3 Å². The second kappa shape index (κ2) is 6.41. The maximum Gasteiger partial charge on any atom is 0.260 e. The summed E-state index contributed by atoms with van der Waals surface area (Å²) in [7, 11) is 1.78. The number of tetrazole rings is 1. The molecule has 0 saturated heterocycles. The molecule has 1 atom stereocenters. The Morgan fingerprint density at radius 2 is 2.08 bits per heavy atom. The summed E-state index contributed by atoms with van der Waals surface area (Å²) in [6.45, 7) is 1.97. The van der Waals surface area contributed by atoms with Gasteiger partial charge in [0.25, 0.3) is 5.56 Å². The van der Waals surface area contributed by atoms with E-state index < -0.39 is 0 Å². The zero-order valence-corrected chi connectivity index (χ0v) is 15.1. The lowest BCUT2D eigenvalue weighted by Crippen LogP contribution is -2.12. The molecule has 4 aromatic rings. The molecule has 0 spiro atoms. The third-order valence-corrected chi connectivity index (χ3v) is 5.80. The molecule has 0 radical (unpaired) electrons. The standard InChI is InChI=1S/C16H14N6OS2/c1-9(25-16-19-20-21-22(16)2)13-17-14(23)12-11(8-24-15(12)18-13)10-6-4-3-5-7-10/h3-9H,1-2H3,(H,17,18,23). The minimum Gasteiger partial charge on any atom is -0.309 e. The highest BCUT2D eigenvalue weighted by Crippen LogP contribution is 2.34. The summed E-state index contributed by atoms with van der Waals surface area (Å²) in [5.74, 6) is 0.618. The fourth-order valence-corrected chi connectivity index (χ4v) is 4.29. The van der Waals surface area contributed by atoms with Gasteiger partial charge < -0.3 is 4.98 Å². The van der Waals surface area contributed by atoms with Crippen LogP contribution in [0.3, 0.4) is 0 Å². The van der Waals surface area contributed by atoms with Crippen molar-refractivity contribution in [1.29, 1.82) is 0 Å². The van der Waals surface area contributed by atoms with Crippen LogP contribution in [0.1, 0.15) is 18.0 Å². The first kappa shape index (κ1) is 16.0. The predicted molar refractivity (Wildman–Crippen MR) is 98.7 cm³/mol. The summed E-state index contributed by atoms with van der Waals surface area (Å²) < 4.78 is 1.59. The van der Waals surface area contributed by atoms with Crippen molar-refractivity contribution in [2.24, 2.45) is 7.05 Å². The van der Waals surface area contributed by atoms with E-state index in [0.717, 1.165) is 16.0 Å². The van der Waals surface area contributed by atoms with Gasteiger partial charge in [0.05, 0.1) is 10.6 Å². The Labute approximate surface area is 151 Å². The summed E-state index contributed by atoms with van der Waals surface area (Å²) in [6.07, 6.45) is 0. The van der Waals surface area contributed by atoms with Crippen LogP contribution in [-0.4, -0.2) is 30.2 Å². The van der Waals surface area contributed by atoms with E-state index in [9.17, 15) is 4.79 Å². The van der Waals surface area contributed by atoms with Crippen LogP contribution in [0, 0.1) is 0 Å². The van der Waals surface area contributed by atoms with Crippen LogP contribution in [0.15, 0.2) is 45.7 Å². The molecule has 0 amide bonds. The number of fused-ring (bicyclic) bond motifs is 1. The van der Waals surface area contributed by atoms with E-state index in [2.05, 4.69) is 25.5 Å². The normalized spacial score (nSPS) is 12.6. The summed E-state index contributed by atoms with van der Waals surface area (Å²) in [5, 5.41) is 14.6. The number of nitrogens with one attached hydrogen (secondary N) is 1. The summed E-state index contributed by atoms with van der Waals surface area (Å²) >= 11 is 2.93. The Morgan fingerprint density at radius 1 is 1.28 bits per heavy atom. The third-order valence-electron chi connectivity index (χ3n) is 3.80. The number of H-pyrrole nitrogens is 1. The number of rotatable bonds is 4. The number of aryl methyl sites for hydroxylation is 1. The van der Waals surface area contributed by atoms with Gasteiger partial charge >= 0.3 is 0 Å². The molecule has 0 saturated carbocycles. The molecule has 126 valence electrons. The molecule has 3 heterocycles. The predicted octanol–water partition coefficient (Wildman–Crippen LogP) is 3.03. The molecule has 0 aliphatic carbocycles. The lowest BCUT2D eigenvalue weighted by molar-refractivity contribution is 0.663. The number of aromatic amines is 1. The van der Waals surface area contributed by atoms with Gasteiger partial charge in [-0.2, -0.15) is 0 Å². The van der Waals surface area contributed by atoms with Gasteiger partial charge in [-0.15, -0.1) is 16.4 Å². The highest BCUT2D eigenvalue weighted by molar-refractivity contribution is 7.99. The van der Waals surface area contributed by atoms with Gasteiger partial charge in [-0.1, -0.05) is 42.1 Å². The number of nitrogens with zero attached hydrogens (tertiary/aromatic N) is 5. The molecule has 3 aromatic heterocycles. The van der Waals surface area contributed by atoms with Gasteiger partial charge in [-0.05, 0) is 22.9 Å². The van der Waals surface area contributed by atoms with E-state index in [-0.39, 0.29) is 10.8 Å². The van der Waals surface area contributed by atoms with Crippen molar-refractivity contribution in [2.45, 2.75) is 17.3 Å². The molecule has 1 aromatic carbocycles. The smallest absolute Gasteiger partial charge is 0.260 e. The Balaban J connectivity index is 1.74. The van der Waals surface area contributed by atoms with E-state index in [4.69, 9.17) is 0 Å². The monoisotopic (exact) mass is 370 g/mol.